The number of aliphatic hydroxyl groups excluding tert-OH is 1. The summed E-state index contributed by atoms with van der Waals surface area (Å²) in [5.74, 6) is 0. The summed E-state index contributed by atoms with van der Waals surface area (Å²) in [5, 5.41) is 16.1. The second-order valence-corrected chi connectivity index (χ2v) is 0.954. The van der Waals surface area contributed by atoms with Crippen molar-refractivity contribution in [3.05, 3.63) is 0 Å². The Labute approximate surface area is 36.1 Å². The zero-order valence-electron chi connectivity index (χ0n) is 3.46. The van der Waals surface area contributed by atoms with Gasteiger partial charge < -0.3 is 5.11 Å². The molecule has 3 heteroatoms. The molecule has 0 aromatic heterocycles. The molecule has 0 bridgehead atoms. The van der Waals surface area contributed by atoms with Crippen LogP contribution in [0.15, 0.2) is 0 Å². The van der Waals surface area contributed by atoms with Crippen molar-refractivity contribution in [3.63, 3.8) is 0 Å². The van der Waals surface area contributed by atoms with Crippen LogP contribution < -0.4 is 0 Å². The molecule has 2 N–H and O–H groups in total. The van der Waals surface area contributed by atoms with E-state index < -0.39 is 0 Å². The van der Waals surface area contributed by atoms with Gasteiger partial charge in [0.2, 0.25) is 6.54 Å². The molecule has 0 atom stereocenters. The summed E-state index contributed by atoms with van der Waals surface area (Å²) in [6.07, 6.45) is 0. The summed E-state index contributed by atoms with van der Waals surface area (Å²) in [4.78, 5) is 0. The molecule has 0 aliphatic rings. The number of nitrogens with zero attached hydrogens (tertiary/aromatic N) is 1. The zero-order chi connectivity index (χ0) is 4.99. The fourth-order valence-corrected chi connectivity index (χ4v) is 0.115. The molecular formula is C3H8NO2+. The van der Waals surface area contributed by atoms with Gasteiger partial charge >= 0.3 is 0 Å². The summed E-state index contributed by atoms with van der Waals surface area (Å²) in [7, 11) is 0. The predicted octanol–water partition coefficient (Wildman–Crippen LogP) is -0.919. The fraction of sp³-hybridized carbons (Fsp3) is 0.667. The van der Waals surface area contributed by atoms with Gasteiger partial charge in [0.25, 0.3) is 0 Å². The Kier molecular flexibility index (Phi) is 2.40. The first-order valence-electron chi connectivity index (χ1n) is 1.65. The van der Waals surface area contributed by atoms with Crippen LogP contribution in [0.3, 0.4) is 0 Å². The molecule has 0 amide bonds. The maximum atomic E-state index is 8.11. The normalized spacial score (nSPS) is 8.17. The van der Waals surface area contributed by atoms with Crippen molar-refractivity contribution in [2.24, 2.45) is 0 Å². The Morgan fingerprint density at radius 2 is 2.17 bits per heavy atom. The Morgan fingerprint density at radius 3 is 2.17 bits per heavy atom. The first kappa shape index (κ1) is 5.43. The quantitative estimate of drug-likeness (QED) is 0.199. The van der Waals surface area contributed by atoms with Crippen molar-refractivity contribution < 1.29 is 15.1 Å². The lowest BCUT2D eigenvalue weighted by Gasteiger charge is -1.80. The van der Waals surface area contributed by atoms with Gasteiger partial charge in [-0.3, -0.25) is 5.21 Å². The van der Waals surface area contributed by atoms with E-state index in [1.54, 1.807) is 0 Å². The van der Waals surface area contributed by atoms with Gasteiger partial charge in [0.1, 0.15) is 6.61 Å². The van der Waals surface area contributed by atoms with Crippen LogP contribution in [-0.2, 0) is 0 Å². The molecule has 0 aliphatic heterocycles. The van der Waals surface area contributed by atoms with Crippen LogP contribution in [-0.4, -0.2) is 34.9 Å². The lowest BCUT2D eigenvalue weighted by Crippen LogP contribution is -2.08. The first-order valence-corrected chi connectivity index (χ1v) is 1.65. The Hall–Kier alpha value is -0.570. The van der Waals surface area contributed by atoms with Gasteiger partial charge in [0, 0.05) is 0 Å². The summed E-state index contributed by atoms with van der Waals surface area (Å²) in [5.41, 5.74) is 0. The molecule has 0 heterocycles. The Morgan fingerprint density at radius 1 is 1.67 bits per heavy atom. The number of hydrogen-bond acceptors (Lipinski definition) is 2. The number of aliphatic hydroxyl groups is 1. The lowest BCUT2D eigenvalue weighted by molar-refractivity contribution is -0.768. The summed E-state index contributed by atoms with van der Waals surface area (Å²) >= 11 is 0. The third-order valence-electron chi connectivity index (χ3n) is 0.358. The van der Waals surface area contributed by atoms with Crippen LogP contribution in [0.25, 0.3) is 0 Å². The SMILES string of the molecule is C=[N+](O)CCO. The molecule has 0 aromatic carbocycles. The molecule has 0 aromatic rings. The third kappa shape index (κ3) is 3.43. The molecule has 0 rings (SSSR count). The summed E-state index contributed by atoms with van der Waals surface area (Å²) < 4.78 is 0.681. The maximum absolute atomic E-state index is 8.11. The zero-order valence-corrected chi connectivity index (χ0v) is 3.46. The van der Waals surface area contributed by atoms with Crippen molar-refractivity contribution in [1.82, 2.24) is 0 Å². The molecule has 36 valence electrons. The molecule has 0 radical (unpaired) electrons. The van der Waals surface area contributed by atoms with Crippen LogP contribution in [0.4, 0.5) is 0 Å². The molecule has 0 spiro atoms. The highest BCUT2D eigenvalue weighted by molar-refractivity contribution is 5.13. The lowest BCUT2D eigenvalue weighted by atomic mass is 10.7. The number of hydroxylamine groups is 1. The molecule has 0 saturated carbocycles. The van der Waals surface area contributed by atoms with Gasteiger partial charge in [-0.2, -0.15) is 0 Å². The second-order valence-electron chi connectivity index (χ2n) is 0.954. The molecule has 0 saturated heterocycles. The van der Waals surface area contributed by atoms with Crippen LogP contribution in [0.1, 0.15) is 0 Å². The van der Waals surface area contributed by atoms with E-state index in [1.165, 1.54) is 0 Å². The van der Waals surface area contributed by atoms with E-state index in [1.807, 2.05) is 0 Å². The van der Waals surface area contributed by atoms with Crippen molar-refractivity contribution >= 4 is 6.72 Å². The standard InChI is InChI=1S/C3H8NO2/c1-4(6)2-3-5/h5-6H,1-3H2/q+1. The van der Waals surface area contributed by atoms with Gasteiger partial charge in [-0.1, -0.05) is 0 Å². The molecule has 0 aliphatic carbocycles. The van der Waals surface area contributed by atoms with E-state index in [-0.39, 0.29) is 13.2 Å². The van der Waals surface area contributed by atoms with Crippen molar-refractivity contribution in [1.29, 1.82) is 0 Å². The smallest absolute Gasteiger partial charge is 0.214 e. The van der Waals surface area contributed by atoms with Gasteiger partial charge in [-0.05, 0) is 4.74 Å². The number of hydrogen-bond donors (Lipinski definition) is 2. The van der Waals surface area contributed by atoms with Gasteiger partial charge in [-0.15, -0.1) is 0 Å². The van der Waals surface area contributed by atoms with E-state index in [4.69, 9.17) is 10.3 Å². The van der Waals surface area contributed by atoms with Gasteiger partial charge in [0.15, 0.2) is 6.72 Å². The van der Waals surface area contributed by atoms with Crippen LogP contribution in [0.2, 0.25) is 0 Å². The predicted molar refractivity (Wildman–Crippen MR) is 21.1 cm³/mol. The molecular weight excluding hydrogens is 82.0 g/mol. The van der Waals surface area contributed by atoms with Crippen LogP contribution in [0.5, 0.6) is 0 Å². The topological polar surface area (TPSA) is 43.5 Å². The van der Waals surface area contributed by atoms with Gasteiger partial charge in [-0.25, -0.2) is 0 Å². The number of rotatable bonds is 2. The van der Waals surface area contributed by atoms with E-state index in [9.17, 15) is 0 Å². The minimum Gasteiger partial charge on any atom is -0.390 e. The highest BCUT2D eigenvalue weighted by Crippen LogP contribution is 1.55. The summed E-state index contributed by atoms with van der Waals surface area (Å²) in [6, 6.07) is 0. The highest BCUT2D eigenvalue weighted by atomic mass is 16.5. The molecule has 3 nitrogen and oxygen atoms in total. The maximum Gasteiger partial charge on any atom is 0.214 e. The highest BCUT2D eigenvalue weighted by Gasteiger charge is 1.86. The summed E-state index contributed by atoms with van der Waals surface area (Å²) in [6.45, 7) is 3.21. The minimum atomic E-state index is -0.0556. The van der Waals surface area contributed by atoms with Gasteiger partial charge in [0.05, 0.1) is 0 Å². The van der Waals surface area contributed by atoms with E-state index in [0.29, 0.717) is 4.74 Å². The van der Waals surface area contributed by atoms with Crippen molar-refractivity contribution in [3.8, 4) is 0 Å². The average molecular weight is 90.1 g/mol. The van der Waals surface area contributed by atoms with E-state index >= 15 is 0 Å². The third-order valence-corrected chi connectivity index (χ3v) is 0.358. The Balaban J connectivity index is 2.83. The largest absolute Gasteiger partial charge is 0.390 e. The van der Waals surface area contributed by atoms with Crippen LogP contribution >= 0.6 is 0 Å². The van der Waals surface area contributed by atoms with Crippen LogP contribution in [0, 0.1) is 0 Å². The molecule has 0 unspecified atom stereocenters. The Bertz CT molecular complexity index is 52.8. The van der Waals surface area contributed by atoms with E-state index in [2.05, 4.69) is 6.72 Å². The monoisotopic (exact) mass is 90.1 g/mol. The van der Waals surface area contributed by atoms with Crippen molar-refractivity contribution in [2.75, 3.05) is 13.2 Å². The average Bonchev–Trinajstić information content (AvgIpc) is 1.35. The van der Waals surface area contributed by atoms with Crippen molar-refractivity contribution in [2.45, 2.75) is 0 Å². The fourth-order valence-electron chi connectivity index (χ4n) is 0.115. The first-order chi connectivity index (χ1) is 2.77. The van der Waals surface area contributed by atoms with E-state index in [0.717, 1.165) is 0 Å². The minimum absolute atomic E-state index is 0.0556. The molecule has 6 heavy (non-hydrogen) atoms. The second kappa shape index (κ2) is 2.66. The molecule has 0 fully saturated rings.